The molecule has 3 rings (SSSR count). The van der Waals surface area contributed by atoms with Gasteiger partial charge in [0.05, 0.1) is 37.7 Å². The summed E-state index contributed by atoms with van der Waals surface area (Å²) >= 11 is 0. The summed E-state index contributed by atoms with van der Waals surface area (Å²) in [6, 6.07) is 9.67. The summed E-state index contributed by atoms with van der Waals surface area (Å²) in [7, 11) is 1.50. The van der Waals surface area contributed by atoms with Crippen molar-refractivity contribution in [3.05, 3.63) is 47.9 Å². The third kappa shape index (κ3) is 4.24. The molecule has 25 heavy (non-hydrogen) atoms. The number of nitrogens with one attached hydrogen (secondary N) is 1. The average Bonchev–Trinajstić information content (AvgIpc) is 2.68. The standard InChI is InChI=1S/C18H20N4O3/c1-23-18-14(10-19)15(5-8-21-18)22-16-6-9-24-12-17(16)25-11-13-4-2-3-7-20-13/h2-5,7-8,16-17H,6,9,11-12H2,1H3,(H,21,22)/t16-,17-/m1/s1. The van der Waals surface area contributed by atoms with Crippen molar-refractivity contribution in [2.45, 2.75) is 25.2 Å². The summed E-state index contributed by atoms with van der Waals surface area (Å²) in [4.78, 5) is 8.34. The lowest BCUT2D eigenvalue weighted by atomic mass is 10.0. The Morgan fingerprint density at radius 2 is 2.24 bits per heavy atom. The number of pyridine rings is 2. The second-order valence-electron chi connectivity index (χ2n) is 5.64. The maximum absolute atomic E-state index is 9.40. The minimum atomic E-state index is -0.138. The van der Waals surface area contributed by atoms with E-state index in [-0.39, 0.29) is 12.1 Å². The van der Waals surface area contributed by atoms with Crippen molar-refractivity contribution in [2.24, 2.45) is 0 Å². The van der Waals surface area contributed by atoms with E-state index in [2.05, 4.69) is 21.4 Å². The predicted molar refractivity (Wildman–Crippen MR) is 91.2 cm³/mol. The van der Waals surface area contributed by atoms with Gasteiger partial charge in [-0.25, -0.2) is 4.98 Å². The van der Waals surface area contributed by atoms with Crippen LogP contribution in [0.25, 0.3) is 0 Å². The largest absolute Gasteiger partial charge is 0.480 e. The van der Waals surface area contributed by atoms with Gasteiger partial charge in [-0.1, -0.05) is 6.07 Å². The number of aromatic nitrogens is 2. The highest BCUT2D eigenvalue weighted by Gasteiger charge is 2.27. The van der Waals surface area contributed by atoms with Gasteiger partial charge < -0.3 is 19.5 Å². The molecular weight excluding hydrogens is 320 g/mol. The molecule has 0 aromatic carbocycles. The molecule has 2 atom stereocenters. The van der Waals surface area contributed by atoms with Crippen LogP contribution >= 0.6 is 0 Å². The quantitative estimate of drug-likeness (QED) is 0.861. The Balaban J connectivity index is 1.70. The van der Waals surface area contributed by atoms with Gasteiger partial charge >= 0.3 is 0 Å². The Kier molecular flexibility index (Phi) is 5.77. The van der Waals surface area contributed by atoms with E-state index < -0.39 is 0 Å². The number of nitrogens with zero attached hydrogens (tertiary/aromatic N) is 3. The fourth-order valence-corrected chi connectivity index (χ4v) is 2.74. The molecule has 0 spiro atoms. The fraction of sp³-hybridized carbons (Fsp3) is 0.389. The molecule has 2 aromatic heterocycles. The molecule has 3 heterocycles. The first-order valence-electron chi connectivity index (χ1n) is 8.10. The van der Waals surface area contributed by atoms with Crippen molar-refractivity contribution >= 4 is 5.69 Å². The third-order valence-corrected chi connectivity index (χ3v) is 4.04. The Bertz CT molecular complexity index is 733. The number of anilines is 1. The van der Waals surface area contributed by atoms with Crippen LogP contribution in [-0.4, -0.2) is 42.4 Å². The van der Waals surface area contributed by atoms with Gasteiger partial charge in [0, 0.05) is 19.0 Å². The zero-order chi connectivity index (χ0) is 17.5. The minimum absolute atomic E-state index is 0.0247. The molecule has 1 saturated heterocycles. The number of ether oxygens (including phenoxy) is 3. The molecule has 1 aliphatic heterocycles. The van der Waals surface area contributed by atoms with E-state index in [1.807, 2.05) is 18.2 Å². The van der Waals surface area contributed by atoms with Crippen LogP contribution in [0.1, 0.15) is 17.7 Å². The molecule has 130 valence electrons. The van der Waals surface area contributed by atoms with Gasteiger partial charge in [-0.3, -0.25) is 4.98 Å². The summed E-state index contributed by atoms with van der Waals surface area (Å²) in [5.74, 6) is 0.311. The average molecular weight is 340 g/mol. The highest BCUT2D eigenvalue weighted by atomic mass is 16.5. The molecule has 2 aromatic rings. The predicted octanol–water partition coefficient (Wildman–Crippen LogP) is 2.14. The van der Waals surface area contributed by atoms with E-state index in [0.717, 1.165) is 12.1 Å². The first-order chi connectivity index (χ1) is 12.3. The topological polar surface area (TPSA) is 89.3 Å². The number of hydrogen-bond donors (Lipinski definition) is 1. The molecule has 7 heteroatoms. The van der Waals surface area contributed by atoms with Crippen molar-refractivity contribution in [3.63, 3.8) is 0 Å². The Morgan fingerprint density at radius 1 is 1.32 bits per heavy atom. The maximum Gasteiger partial charge on any atom is 0.233 e. The highest BCUT2D eigenvalue weighted by molar-refractivity contribution is 5.61. The van der Waals surface area contributed by atoms with Crippen LogP contribution in [0.3, 0.4) is 0 Å². The van der Waals surface area contributed by atoms with Crippen LogP contribution < -0.4 is 10.1 Å². The van der Waals surface area contributed by atoms with Crippen LogP contribution in [-0.2, 0) is 16.1 Å². The second-order valence-corrected chi connectivity index (χ2v) is 5.64. The van der Waals surface area contributed by atoms with E-state index in [4.69, 9.17) is 14.2 Å². The highest BCUT2D eigenvalue weighted by Crippen LogP contribution is 2.26. The van der Waals surface area contributed by atoms with Gasteiger partial charge in [0.15, 0.2) is 0 Å². The summed E-state index contributed by atoms with van der Waals surface area (Å²) in [6.45, 7) is 1.55. The van der Waals surface area contributed by atoms with Gasteiger partial charge in [-0.15, -0.1) is 0 Å². The van der Waals surface area contributed by atoms with Gasteiger partial charge in [0.1, 0.15) is 17.7 Å². The first kappa shape index (κ1) is 17.1. The zero-order valence-corrected chi connectivity index (χ0v) is 14.0. The zero-order valence-electron chi connectivity index (χ0n) is 14.0. The molecule has 1 N–H and O–H groups in total. The molecule has 0 radical (unpaired) electrons. The van der Waals surface area contributed by atoms with Crippen molar-refractivity contribution in [2.75, 3.05) is 25.6 Å². The molecule has 0 aliphatic carbocycles. The SMILES string of the molecule is COc1nccc(N[C@@H]2CCOC[C@H]2OCc2ccccn2)c1C#N. The molecule has 0 saturated carbocycles. The molecule has 1 fully saturated rings. The number of methoxy groups -OCH3 is 1. The van der Waals surface area contributed by atoms with Crippen molar-refractivity contribution in [3.8, 4) is 11.9 Å². The number of hydrogen-bond acceptors (Lipinski definition) is 7. The Morgan fingerprint density at radius 3 is 3.00 bits per heavy atom. The number of nitriles is 1. The summed E-state index contributed by atoms with van der Waals surface area (Å²) in [5.41, 5.74) is 1.95. The van der Waals surface area contributed by atoms with E-state index in [9.17, 15) is 5.26 Å². The van der Waals surface area contributed by atoms with Gasteiger partial charge in [0.25, 0.3) is 0 Å². The second kappa shape index (κ2) is 8.42. The monoisotopic (exact) mass is 340 g/mol. The minimum Gasteiger partial charge on any atom is -0.480 e. The summed E-state index contributed by atoms with van der Waals surface area (Å²) in [6.07, 6.45) is 4.00. The van der Waals surface area contributed by atoms with Gasteiger partial charge in [-0.2, -0.15) is 5.26 Å². The molecule has 7 nitrogen and oxygen atoms in total. The van der Waals surface area contributed by atoms with E-state index >= 15 is 0 Å². The normalized spacial score (nSPS) is 19.8. The lowest BCUT2D eigenvalue weighted by Crippen LogP contribution is -2.43. The molecule has 0 bridgehead atoms. The molecule has 0 unspecified atom stereocenters. The van der Waals surface area contributed by atoms with Crippen LogP contribution in [0.15, 0.2) is 36.7 Å². The number of rotatable bonds is 6. The molecule has 1 aliphatic rings. The van der Waals surface area contributed by atoms with Crippen molar-refractivity contribution < 1.29 is 14.2 Å². The fourth-order valence-electron chi connectivity index (χ4n) is 2.74. The van der Waals surface area contributed by atoms with Gasteiger partial charge in [0.2, 0.25) is 5.88 Å². The van der Waals surface area contributed by atoms with E-state index in [1.165, 1.54) is 7.11 Å². The Labute approximate surface area is 146 Å². The first-order valence-corrected chi connectivity index (χ1v) is 8.10. The lowest BCUT2D eigenvalue weighted by Gasteiger charge is -2.33. The van der Waals surface area contributed by atoms with E-state index in [1.54, 1.807) is 18.5 Å². The van der Waals surface area contributed by atoms with Crippen LogP contribution in [0.4, 0.5) is 5.69 Å². The third-order valence-electron chi connectivity index (χ3n) is 4.04. The van der Waals surface area contributed by atoms with Gasteiger partial charge in [-0.05, 0) is 24.6 Å². The Hall–Kier alpha value is -2.69. The summed E-state index contributed by atoms with van der Waals surface area (Å²) in [5, 5.41) is 12.8. The van der Waals surface area contributed by atoms with Crippen LogP contribution in [0.2, 0.25) is 0 Å². The summed E-state index contributed by atoms with van der Waals surface area (Å²) < 4.78 is 16.7. The van der Waals surface area contributed by atoms with Crippen molar-refractivity contribution in [1.82, 2.24) is 9.97 Å². The lowest BCUT2D eigenvalue weighted by molar-refractivity contribution is -0.0644. The van der Waals surface area contributed by atoms with E-state index in [0.29, 0.717) is 37.0 Å². The van der Waals surface area contributed by atoms with Crippen molar-refractivity contribution in [1.29, 1.82) is 5.26 Å². The van der Waals surface area contributed by atoms with Crippen LogP contribution in [0, 0.1) is 11.3 Å². The smallest absolute Gasteiger partial charge is 0.233 e. The molecule has 0 amide bonds. The molecular formula is C18H20N4O3. The maximum atomic E-state index is 9.40. The van der Waals surface area contributed by atoms with Crippen LogP contribution in [0.5, 0.6) is 5.88 Å².